The van der Waals surface area contributed by atoms with E-state index in [1.54, 1.807) is 0 Å². The summed E-state index contributed by atoms with van der Waals surface area (Å²) in [6.07, 6.45) is 1.82. The predicted octanol–water partition coefficient (Wildman–Crippen LogP) is 7.39. The summed E-state index contributed by atoms with van der Waals surface area (Å²) < 4.78 is 1.11. The maximum Gasteiger partial charge on any atom is 0.159 e. The molecule has 0 N–H and O–H groups in total. The van der Waals surface area contributed by atoms with Crippen molar-refractivity contribution < 1.29 is 0 Å². The fourth-order valence-corrected chi connectivity index (χ4v) is 4.06. The number of fused-ring (bicyclic) bond motifs is 1. The highest BCUT2D eigenvalue weighted by Crippen LogP contribution is 2.34. The summed E-state index contributed by atoms with van der Waals surface area (Å²) in [5, 5.41) is 2.46. The highest BCUT2D eigenvalue weighted by atomic mass is 79.9. The highest BCUT2D eigenvalue weighted by Gasteiger charge is 2.08. The van der Waals surface area contributed by atoms with Crippen molar-refractivity contribution in [2.24, 2.45) is 0 Å². The molecule has 0 amide bonds. The molecule has 0 saturated heterocycles. The van der Waals surface area contributed by atoms with Crippen LogP contribution in [0.5, 0.6) is 0 Å². The number of nitrogens with zero attached hydrogens (tertiary/aromatic N) is 2. The normalized spacial score (nSPS) is 10.9. The minimum Gasteiger partial charge on any atom is -0.237 e. The maximum atomic E-state index is 4.76. The Labute approximate surface area is 178 Å². The number of hydrogen-bond acceptors (Lipinski definition) is 2. The molecule has 1 heterocycles. The molecule has 0 atom stereocenters. The van der Waals surface area contributed by atoms with Crippen LogP contribution in [0.4, 0.5) is 0 Å². The molecule has 0 aliphatic heterocycles. The molecule has 0 bridgehead atoms. The Morgan fingerprint density at radius 3 is 2.03 bits per heavy atom. The first-order valence-electron chi connectivity index (χ1n) is 9.46. The standard InChI is InChI=1S/C26H17BrN2/c27-24-15-14-21(22-8-4-5-9-23(22)24)18-10-12-19(13-11-18)25-16-17-28-26(29-25)20-6-2-1-3-7-20/h1-17H. The molecule has 0 radical (unpaired) electrons. The third-order valence-corrected chi connectivity index (χ3v) is 5.74. The number of aromatic nitrogens is 2. The topological polar surface area (TPSA) is 25.8 Å². The van der Waals surface area contributed by atoms with Crippen LogP contribution >= 0.6 is 15.9 Å². The van der Waals surface area contributed by atoms with Gasteiger partial charge in [-0.2, -0.15) is 0 Å². The average molecular weight is 437 g/mol. The molecular formula is C26H17BrN2. The number of benzene rings is 4. The molecule has 1 aromatic heterocycles. The fraction of sp³-hybridized carbons (Fsp3) is 0. The molecule has 5 rings (SSSR count). The summed E-state index contributed by atoms with van der Waals surface area (Å²) in [5.74, 6) is 0.742. The van der Waals surface area contributed by atoms with Crippen molar-refractivity contribution in [3.05, 3.63) is 108 Å². The molecule has 0 fully saturated rings. The van der Waals surface area contributed by atoms with E-state index in [-0.39, 0.29) is 0 Å². The van der Waals surface area contributed by atoms with Gasteiger partial charge in [-0.3, -0.25) is 0 Å². The molecule has 0 saturated carbocycles. The Bertz CT molecular complexity index is 1300. The van der Waals surface area contributed by atoms with Crippen LogP contribution in [0.25, 0.3) is 44.5 Å². The molecule has 5 aromatic rings. The van der Waals surface area contributed by atoms with Crippen molar-refractivity contribution in [1.29, 1.82) is 0 Å². The molecule has 29 heavy (non-hydrogen) atoms. The number of hydrogen-bond donors (Lipinski definition) is 0. The van der Waals surface area contributed by atoms with Gasteiger partial charge < -0.3 is 0 Å². The largest absolute Gasteiger partial charge is 0.237 e. The fourth-order valence-electron chi connectivity index (χ4n) is 3.58. The van der Waals surface area contributed by atoms with Crippen LogP contribution in [0.15, 0.2) is 108 Å². The van der Waals surface area contributed by atoms with E-state index in [1.165, 1.54) is 21.9 Å². The van der Waals surface area contributed by atoms with Gasteiger partial charge in [0.2, 0.25) is 0 Å². The number of rotatable bonds is 3. The lowest BCUT2D eigenvalue weighted by atomic mass is 9.97. The van der Waals surface area contributed by atoms with Gasteiger partial charge in [0, 0.05) is 21.8 Å². The van der Waals surface area contributed by atoms with Crippen molar-refractivity contribution in [3.8, 4) is 33.8 Å². The zero-order chi connectivity index (χ0) is 19.6. The molecule has 4 aromatic carbocycles. The van der Waals surface area contributed by atoms with Crippen LogP contribution in [0.2, 0.25) is 0 Å². The van der Waals surface area contributed by atoms with E-state index in [9.17, 15) is 0 Å². The van der Waals surface area contributed by atoms with Crippen molar-refractivity contribution >= 4 is 26.7 Å². The van der Waals surface area contributed by atoms with Gasteiger partial charge in [-0.1, -0.05) is 101 Å². The predicted molar refractivity (Wildman–Crippen MR) is 124 cm³/mol. The first kappa shape index (κ1) is 17.8. The van der Waals surface area contributed by atoms with E-state index < -0.39 is 0 Å². The number of halogens is 1. The third kappa shape index (κ3) is 3.45. The SMILES string of the molecule is Brc1ccc(-c2ccc(-c3ccnc(-c4ccccc4)n3)cc2)c2ccccc12. The zero-order valence-electron chi connectivity index (χ0n) is 15.6. The monoisotopic (exact) mass is 436 g/mol. The molecule has 0 unspecified atom stereocenters. The second-order valence-corrected chi connectivity index (χ2v) is 7.70. The third-order valence-electron chi connectivity index (χ3n) is 5.05. The van der Waals surface area contributed by atoms with Crippen molar-refractivity contribution in [2.75, 3.05) is 0 Å². The van der Waals surface area contributed by atoms with Crippen LogP contribution in [0.1, 0.15) is 0 Å². The lowest BCUT2D eigenvalue weighted by molar-refractivity contribution is 1.18. The smallest absolute Gasteiger partial charge is 0.159 e. The Morgan fingerprint density at radius 1 is 0.552 bits per heavy atom. The average Bonchev–Trinajstić information content (AvgIpc) is 2.80. The maximum absolute atomic E-state index is 4.76. The van der Waals surface area contributed by atoms with Gasteiger partial charge in [0.1, 0.15) is 0 Å². The van der Waals surface area contributed by atoms with Crippen LogP contribution in [0.3, 0.4) is 0 Å². The summed E-state index contributed by atoms with van der Waals surface area (Å²) in [6.45, 7) is 0. The Morgan fingerprint density at radius 2 is 1.24 bits per heavy atom. The van der Waals surface area contributed by atoms with E-state index in [2.05, 4.69) is 81.6 Å². The van der Waals surface area contributed by atoms with Crippen LogP contribution in [0, 0.1) is 0 Å². The van der Waals surface area contributed by atoms with Gasteiger partial charge in [0.25, 0.3) is 0 Å². The molecule has 138 valence electrons. The van der Waals surface area contributed by atoms with Crippen molar-refractivity contribution in [3.63, 3.8) is 0 Å². The molecule has 0 spiro atoms. The molecular weight excluding hydrogens is 420 g/mol. The van der Waals surface area contributed by atoms with Crippen molar-refractivity contribution in [2.45, 2.75) is 0 Å². The minimum atomic E-state index is 0.742. The van der Waals surface area contributed by atoms with Gasteiger partial charge >= 0.3 is 0 Å². The zero-order valence-corrected chi connectivity index (χ0v) is 17.2. The van der Waals surface area contributed by atoms with Crippen LogP contribution in [-0.4, -0.2) is 9.97 Å². The van der Waals surface area contributed by atoms with Gasteiger partial charge in [0.15, 0.2) is 5.82 Å². The summed E-state index contributed by atoms with van der Waals surface area (Å²) in [7, 11) is 0. The van der Waals surface area contributed by atoms with E-state index in [0.29, 0.717) is 0 Å². The second-order valence-electron chi connectivity index (χ2n) is 6.85. The van der Waals surface area contributed by atoms with E-state index >= 15 is 0 Å². The lowest BCUT2D eigenvalue weighted by Gasteiger charge is -2.10. The summed E-state index contributed by atoms with van der Waals surface area (Å²) in [6, 6.07) is 33.3. The van der Waals surface area contributed by atoms with E-state index in [0.717, 1.165) is 27.1 Å². The first-order valence-corrected chi connectivity index (χ1v) is 10.3. The highest BCUT2D eigenvalue weighted by molar-refractivity contribution is 9.10. The van der Waals surface area contributed by atoms with Gasteiger partial charge in [0.05, 0.1) is 5.69 Å². The van der Waals surface area contributed by atoms with Crippen LogP contribution < -0.4 is 0 Å². The quantitative estimate of drug-likeness (QED) is 0.294. The van der Waals surface area contributed by atoms with Gasteiger partial charge in [-0.15, -0.1) is 0 Å². The van der Waals surface area contributed by atoms with Crippen molar-refractivity contribution in [1.82, 2.24) is 9.97 Å². The van der Waals surface area contributed by atoms with Gasteiger partial charge in [-0.05, 0) is 34.0 Å². The lowest BCUT2D eigenvalue weighted by Crippen LogP contribution is -1.91. The molecule has 2 nitrogen and oxygen atoms in total. The molecule has 0 aliphatic rings. The molecule has 0 aliphatic carbocycles. The summed E-state index contributed by atoms with van der Waals surface area (Å²) in [5.41, 5.74) is 5.44. The van der Waals surface area contributed by atoms with Gasteiger partial charge in [-0.25, -0.2) is 9.97 Å². The van der Waals surface area contributed by atoms with E-state index in [1.807, 2.05) is 42.6 Å². The Balaban J connectivity index is 1.53. The summed E-state index contributed by atoms with van der Waals surface area (Å²) >= 11 is 3.66. The Kier molecular flexibility index (Phi) is 4.66. The summed E-state index contributed by atoms with van der Waals surface area (Å²) in [4.78, 5) is 9.19. The van der Waals surface area contributed by atoms with Crippen LogP contribution in [-0.2, 0) is 0 Å². The van der Waals surface area contributed by atoms with E-state index in [4.69, 9.17) is 4.98 Å². The second kappa shape index (κ2) is 7.61. The first-order chi connectivity index (χ1) is 14.3. The molecule has 3 heteroatoms. The minimum absolute atomic E-state index is 0.742. The Hall–Kier alpha value is -3.30.